The van der Waals surface area contributed by atoms with Gasteiger partial charge in [-0.3, -0.25) is 0 Å². The van der Waals surface area contributed by atoms with Gasteiger partial charge in [0.15, 0.2) is 0 Å². The summed E-state index contributed by atoms with van der Waals surface area (Å²) in [6, 6.07) is 2.86. The topological polar surface area (TPSA) is 44.4 Å². The van der Waals surface area contributed by atoms with Crippen LogP contribution in [0.3, 0.4) is 0 Å². The van der Waals surface area contributed by atoms with Crippen LogP contribution in [0.4, 0.5) is 19.3 Å². The molecule has 1 aliphatic rings. The molecule has 1 atom stereocenters. The first kappa shape index (κ1) is 13.7. The number of likely N-dealkylation sites (N-methyl/N-ethyl adjacent to an activating group) is 1. The summed E-state index contributed by atoms with van der Waals surface area (Å²) in [4.78, 5) is 13.8. The predicted octanol–water partition coefficient (Wildman–Crippen LogP) is 2.18. The molecular weight excluding hydrogens is 252 g/mol. The Bertz CT molecular complexity index is 461. The van der Waals surface area contributed by atoms with Gasteiger partial charge in [-0.25, -0.2) is 13.6 Å². The zero-order chi connectivity index (χ0) is 13.8. The molecule has 1 fully saturated rings. The number of carbonyl (C=O) groups is 1. The van der Waals surface area contributed by atoms with Gasteiger partial charge in [0.05, 0.1) is 5.69 Å². The predicted molar refractivity (Wildman–Crippen MR) is 69.0 cm³/mol. The van der Waals surface area contributed by atoms with Crippen molar-refractivity contribution in [3.63, 3.8) is 0 Å². The number of nitrogens with zero attached hydrogens (tertiary/aromatic N) is 1. The first-order chi connectivity index (χ1) is 9.11. The summed E-state index contributed by atoms with van der Waals surface area (Å²) in [5.41, 5.74) is -0.00388. The first-order valence-electron chi connectivity index (χ1n) is 6.35. The number of hydrogen-bond donors (Lipinski definition) is 2. The van der Waals surface area contributed by atoms with Crippen LogP contribution < -0.4 is 10.6 Å². The number of urea groups is 1. The SMILES string of the molecule is CCN(C(=O)Nc1ccc(F)cc1F)C1CCNC1. The summed E-state index contributed by atoms with van der Waals surface area (Å²) < 4.78 is 26.3. The molecule has 19 heavy (non-hydrogen) atoms. The fourth-order valence-electron chi connectivity index (χ4n) is 2.25. The maximum absolute atomic E-state index is 13.5. The molecule has 0 aliphatic carbocycles. The Balaban J connectivity index is 2.06. The van der Waals surface area contributed by atoms with Gasteiger partial charge >= 0.3 is 6.03 Å². The lowest BCUT2D eigenvalue weighted by molar-refractivity contribution is 0.196. The molecule has 0 spiro atoms. The lowest BCUT2D eigenvalue weighted by Crippen LogP contribution is -2.43. The standard InChI is InChI=1S/C13H17F2N3O/c1-2-18(10-5-6-16-8-10)13(19)17-12-4-3-9(14)7-11(12)15/h3-4,7,10,16H,2,5-6,8H2,1H3,(H,17,19). The Labute approximate surface area is 110 Å². The van der Waals surface area contributed by atoms with Crippen LogP contribution in [0.5, 0.6) is 0 Å². The second kappa shape index (κ2) is 5.97. The van der Waals surface area contributed by atoms with E-state index >= 15 is 0 Å². The third kappa shape index (κ3) is 3.20. The summed E-state index contributed by atoms with van der Waals surface area (Å²) in [6.45, 7) is 4.03. The van der Waals surface area contributed by atoms with E-state index in [0.29, 0.717) is 6.54 Å². The Morgan fingerprint density at radius 1 is 1.53 bits per heavy atom. The summed E-state index contributed by atoms with van der Waals surface area (Å²) >= 11 is 0. The van der Waals surface area contributed by atoms with Gasteiger partial charge in [-0.15, -0.1) is 0 Å². The molecule has 0 bridgehead atoms. The van der Waals surface area contributed by atoms with E-state index in [1.807, 2.05) is 6.92 Å². The van der Waals surface area contributed by atoms with Crippen molar-refractivity contribution in [3.8, 4) is 0 Å². The van der Waals surface area contributed by atoms with Crippen molar-refractivity contribution in [2.24, 2.45) is 0 Å². The molecule has 1 aliphatic heterocycles. The van der Waals surface area contributed by atoms with Gasteiger partial charge in [-0.1, -0.05) is 0 Å². The van der Waals surface area contributed by atoms with Crippen molar-refractivity contribution >= 4 is 11.7 Å². The molecule has 2 rings (SSSR count). The van der Waals surface area contributed by atoms with Crippen molar-refractivity contribution in [2.75, 3.05) is 25.0 Å². The van der Waals surface area contributed by atoms with Crippen molar-refractivity contribution in [3.05, 3.63) is 29.8 Å². The molecule has 1 aromatic carbocycles. The molecule has 0 aromatic heterocycles. The number of nitrogens with one attached hydrogen (secondary N) is 2. The highest BCUT2D eigenvalue weighted by Crippen LogP contribution is 2.17. The van der Waals surface area contributed by atoms with Crippen LogP contribution >= 0.6 is 0 Å². The third-order valence-electron chi connectivity index (χ3n) is 3.25. The van der Waals surface area contributed by atoms with E-state index in [1.54, 1.807) is 4.90 Å². The summed E-state index contributed by atoms with van der Waals surface area (Å²) in [7, 11) is 0. The van der Waals surface area contributed by atoms with E-state index in [-0.39, 0.29) is 17.8 Å². The molecule has 4 nitrogen and oxygen atoms in total. The third-order valence-corrected chi connectivity index (χ3v) is 3.25. The molecule has 2 N–H and O–H groups in total. The lowest BCUT2D eigenvalue weighted by Gasteiger charge is -2.27. The van der Waals surface area contributed by atoms with Gasteiger partial charge in [0, 0.05) is 25.2 Å². The minimum absolute atomic E-state index is 0.00388. The summed E-state index contributed by atoms with van der Waals surface area (Å²) in [5, 5.41) is 5.66. The lowest BCUT2D eigenvalue weighted by atomic mass is 10.2. The maximum atomic E-state index is 13.5. The Morgan fingerprint density at radius 2 is 2.32 bits per heavy atom. The average Bonchev–Trinajstić information content (AvgIpc) is 2.87. The second-order valence-electron chi connectivity index (χ2n) is 4.49. The minimum atomic E-state index is -0.769. The maximum Gasteiger partial charge on any atom is 0.322 e. The molecule has 0 radical (unpaired) electrons. The van der Waals surface area contributed by atoms with Crippen LogP contribution in [0, 0.1) is 11.6 Å². The van der Waals surface area contributed by atoms with Gasteiger partial charge in [-0.05, 0) is 32.0 Å². The number of carbonyl (C=O) groups excluding carboxylic acids is 1. The fraction of sp³-hybridized carbons (Fsp3) is 0.462. The van der Waals surface area contributed by atoms with Crippen LogP contribution in [0.15, 0.2) is 18.2 Å². The van der Waals surface area contributed by atoms with E-state index in [2.05, 4.69) is 10.6 Å². The first-order valence-corrected chi connectivity index (χ1v) is 6.35. The zero-order valence-electron chi connectivity index (χ0n) is 10.7. The fourth-order valence-corrected chi connectivity index (χ4v) is 2.25. The molecule has 1 unspecified atom stereocenters. The van der Waals surface area contributed by atoms with E-state index in [1.165, 1.54) is 6.07 Å². The van der Waals surface area contributed by atoms with E-state index in [4.69, 9.17) is 0 Å². The van der Waals surface area contributed by atoms with E-state index in [9.17, 15) is 13.6 Å². The highest BCUT2D eigenvalue weighted by Gasteiger charge is 2.25. The molecule has 2 amide bonds. The molecule has 1 aromatic rings. The quantitative estimate of drug-likeness (QED) is 0.883. The van der Waals surface area contributed by atoms with Crippen molar-refractivity contribution in [1.29, 1.82) is 0 Å². The molecule has 0 saturated carbocycles. The molecule has 1 saturated heterocycles. The number of benzene rings is 1. The molecular formula is C13H17F2N3O. The zero-order valence-corrected chi connectivity index (χ0v) is 10.7. The second-order valence-corrected chi connectivity index (χ2v) is 4.49. The number of rotatable bonds is 3. The van der Waals surface area contributed by atoms with Crippen molar-refractivity contribution < 1.29 is 13.6 Å². The Hall–Kier alpha value is -1.69. The smallest absolute Gasteiger partial charge is 0.321 e. The molecule has 1 heterocycles. The Kier molecular flexibility index (Phi) is 4.31. The Morgan fingerprint density at radius 3 is 2.89 bits per heavy atom. The number of anilines is 1. The molecule has 104 valence electrons. The van der Waals surface area contributed by atoms with E-state index in [0.717, 1.165) is 31.6 Å². The minimum Gasteiger partial charge on any atom is -0.321 e. The van der Waals surface area contributed by atoms with Crippen LogP contribution in [0.1, 0.15) is 13.3 Å². The normalized spacial score (nSPS) is 18.4. The van der Waals surface area contributed by atoms with Crippen LogP contribution in [0.25, 0.3) is 0 Å². The van der Waals surface area contributed by atoms with Gasteiger partial charge < -0.3 is 15.5 Å². The van der Waals surface area contributed by atoms with Crippen LogP contribution in [0.2, 0.25) is 0 Å². The monoisotopic (exact) mass is 269 g/mol. The number of halogens is 2. The van der Waals surface area contributed by atoms with Gasteiger partial charge in [0.1, 0.15) is 11.6 Å². The van der Waals surface area contributed by atoms with Crippen molar-refractivity contribution in [1.82, 2.24) is 10.2 Å². The summed E-state index contributed by atoms with van der Waals surface area (Å²) in [5.74, 6) is -1.43. The van der Waals surface area contributed by atoms with Gasteiger partial charge in [0.2, 0.25) is 0 Å². The number of hydrogen-bond acceptors (Lipinski definition) is 2. The summed E-state index contributed by atoms with van der Waals surface area (Å²) in [6.07, 6.45) is 0.882. The van der Waals surface area contributed by atoms with Crippen molar-refractivity contribution in [2.45, 2.75) is 19.4 Å². The average molecular weight is 269 g/mol. The molecule has 6 heteroatoms. The largest absolute Gasteiger partial charge is 0.322 e. The highest BCUT2D eigenvalue weighted by atomic mass is 19.1. The van der Waals surface area contributed by atoms with Gasteiger partial charge in [0.25, 0.3) is 0 Å². The van der Waals surface area contributed by atoms with Crippen LogP contribution in [-0.4, -0.2) is 36.6 Å². The van der Waals surface area contributed by atoms with Crippen LogP contribution in [-0.2, 0) is 0 Å². The van der Waals surface area contributed by atoms with Gasteiger partial charge in [-0.2, -0.15) is 0 Å². The highest BCUT2D eigenvalue weighted by molar-refractivity contribution is 5.89. The number of amides is 2. The van der Waals surface area contributed by atoms with E-state index < -0.39 is 11.6 Å².